The summed E-state index contributed by atoms with van der Waals surface area (Å²) in [5.74, 6) is 0.946. The largest absolute Gasteiger partial charge is 0.350 e. The number of hydrogen-bond acceptors (Lipinski definition) is 2. The molecule has 0 saturated heterocycles. The molecule has 1 atom stereocenters. The molecule has 1 amide bonds. The lowest BCUT2D eigenvalue weighted by Crippen LogP contribution is -2.87. The van der Waals surface area contributed by atoms with E-state index in [1.807, 2.05) is 29.6 Å². The van der Waals surface area contributed by atoms with Crippen LogP contribution in [0.15, 0.2) is 53.4 Å². The topological polar surface area (TPSA) is 45.7 Å². The maximum Gasteiger partial charge on any atom is 0.275 e. The maximum absolute atomic E-state index is 11.9. The Kier molecular flexibility index (Phi) is 7.63. The van der Waals surface area contributed by atoms with Crippen molar-refractivity contribution >= 4 is 29.3 Å². The first-order valence-corrected chi connectivity index (χ1v) is 9.46. The van der Waals surface area contributed by atoms with Crippen LogP contribution in [0.4, 0.5) is 0 Å². The molecular formula is C19H24ClN2OS+. The highest BCUT2D eigenvalue weighted by atomic mass is 35.5. The summed E-state index contributed by atoms with van der Waals surface area (Å²) in [6.07, 6.45) is 0. The Morgan fingerprint density at radius 2 is 1.83 bits per heavy atom. The molecule has 128 valence electrons. The van der Waals surface area contributed by atoms with Gasteiger partial charge in [0.15, 0.2) is 6.54 Å². The third kappa shape index (κ3) is 6.56. The van der Waals surface area contributed by atoms with Crippen molar-refractivity contribution < 1.29 is 10.1 Å². The fraction of sp³-hybridized carbons (Fsp3) is 0.316. The molecule has 2 aromatic carbocycles. The van der Waals surface area contributed by atoms with Crippen LogP contribution in [0.3, 0.4) is 0 Å². The first kappa shape index (κ1) is 18.8. The van der Waals surface area contributed by atoms with E-state index in [2.05, 4.69) is 43.4 Å². The minimum Gasteiger partial charge on any atom is -0.350 e. The van der Waals surface area contributed by atoms with Gasteiger partial charge in [0.2, 0.25) is 0 Å². The van der Waals surface area contributed by atoms with Crippen molar-refractivity contribution in [1.29, 1.82) is 0 Å². The van der Waals surface area contributed by atoms with E-state index in [0.717, 1.165) is 10.8 Å². The molecule has 0 fully saturated rings. The highest BCUT2D eigenvalue weighted by Gasteiger charge is 2.11. The van der Waals surface area contributed by atoms with Crippen molar-refractivity contribution in [3.63, 3.8) is 0 Å². The second-order valence-corrected chi connectivity index (χ2v) is 7.40. The van der Waals surface area contributed by atoms with Crippen molar-refractivity contribution in [1.82, 2.24) is 5.32 Å². The van der Waals surface area contributed by atoms with Gasteiger partial charge in [0.25, 0.3) is 5.91 Å². The van der Waals surface area contributed by atoms with Gasteiger partial charge in [-0.3, -0.25) is 4.79 Å². The van der Waals surface area contributed by atoms with Gasteiger partial charge in [0, 0.05) is 27.8 Å². The summed E-state index contributed by atoms with van der Waals surface area (Å²) in [5.41, 5.74) is 2.43. The molecule has 0 heterocycles. The number of hydrogen-bond donors (Lipinski definition) is 2. The van der Waals surface area contributed by atoms with Crippen LogP contribution in [-0.2, 0) is 4.79 Å². The standard InChI is InChI=1S/C19H23ClN2OS/c1-14-3-9-18(10-4-14)24-12-11-21-19(23)13-22-15(2)16-5-7-17(20)8-6-16/h3-10,15,22H,11-13H2,1-2H3,(H,21,23)/p+1/t15-/m1/s1. The molecule has 0 bridgehead atoms. The van der Waals surface area contributed by atoms with E-state index >= 15 is 0 Å². The van der Waals surface area contributed by atoms with E-state index in [1.54, 1.807) is 11.8 Å². The van der Waals surface area contributed by atoms with E-state index in [9.17, 15) is 4.79 Å². The molecule has 3 nitrogen and oxygen atoms in total. The Hall–Kier alpha value is -1.49. The van der Waals surface area contributed by atoms with Gasteiger partial charge in [-0.05, 0) is 38.1 Å². The van der Waals surface area contributed by atoms with Gasteiger partial charge in [-0.25, -0.2) is 0 Å². The number of amides is 1. The van der Waals surface area contributed by atoms with Crippen LogP contribution in [0.25, 0.3) is 0 Å². The van der Waals surface area contributed by atoms with Gasteiger partial charge in [-0.2, -0.15) is 0 Å². The first-order valence-electron chi connectivity index (χ1n) is 8.09. The second-order valence-electron chi connectivity index (χ2n) is 5.79. The molecule has 0 spiro atoms. The summed E-state index contributed by atoms with van der Waals surface area (Å²) in [7, 11) is 0. The van der Waals surface area contributed by atoms with Crippen LogP contribution < -0.4 is 10.6 Å². The molecule has 0 aliphatic rings. The third-order valence-electron chi connectivity index (χ3n) is 3.77. The number of nitrogens with one attached hydrogen (secondary N) is 1. The number of thioether (sulfide) groups is 1. The first-order chi connectivity index (χ1) is 11.5. The smallest absolute Gasteiger partial charge is 0.275 e. The number of nitrogens with two attached hydrogens (primary N) is 1. The van der Waals surface area contributed by atoms with E-state index in [4.69, 9.17) is 11.6 Å². The Balaban J connectivity index is 1.62. The second kappa shape index (κ2) is 9.72. The summed E-state index contributed by atoms with van der Waals surface area (Å²) in [5, 5.41) is 5.73. The van der Waals surface area contributed by atoms with Gasteiger partial charge < -0.3 is 10.6 Å². The lowest BCUT2D eigenvalue weighted by atomic mass is 10.1. The van der Waals surface area contributed by atoms with Gasteiger partial charge >= 0.3 is 0 Å². The predicted molar refractivity (Wildman–Crippen MR) is 102 cm³/mol. The molecule has 0 radical (unpaired) electrons. The average molecular weight is 364 g/mol. The number of quaternary nitrogens is 1. The molecule has 0 aliphatic heterocycles. The molecule has 2 aromatic rings. The molecule has 0 aromatic heterocycles. The quantitative estimate of drug-likeness (QED) is 0.559. The molecule has 24 heavy (non-hydrogen) atoms. The fourth-order valence-electron chi connectivity index (χ4n) is 2.25. The van der Waals surface area contributed by atoms with E-state index in [0.29, 0.717) is 13.1 Å². The number of rotatable bonds is 8. The summed E-state index contributed by atoms with van der Waals surface area (Å²) in [4.78, 5) is 13.2. The Morgan fingerprint density at radius 1 is 1.17 bits per heavy atom. The number of benzene rings is 2. The number of carbonyl (C=O) groups is 1. The normalized spacial score (nSPS) is 12.0. The van der Waals surface area contributed by atoms with Crippen LogP contribution >= 0.6 is 23.4 Å². The molecule has 3 N–H and O–H groups in total. The molecule has 0 saturated carbocycles. The summed E-state index contributed by atoms with van der Waals surface area (Å²) >= 11 is 7.65. The van der Waals surface area contributed by atoms with Crippen LogP contribution in [0.1, 0.15) is 24.1 Å². The van der Waals surface area contributed by atoms with Gasteiger partial charge in [-0.1, -0.05) is 41.4 Å². The zero-order chi connectivity index (χ0) is 17.4. The van der Waals surface area contributed by atoms with Crippen LogP contribution in [0.2, 0.25) is 5.02 Å². The van der Waals surface area contributed by atoms with E-state index in [-0.39, 0.29) is 11.9 Å². The van der Waals surface area contributed by atoms with Gasteiger partial charge in [0.05, 0.1) is 0 Å². The third-order valence-corrected chi connectivity index (χ3v) is 5.03. The monoisotopic (exact) mass is 363 g/mol. The number of carbonyl (C=O) groups excluding carboxylic acids is 1. The highest BCUT2D eigenvalue weighted by Crippen LogP contribution is 2.17. The highest BCUT2D eigenvalue weighted by molar-refractivity contribution is 7.99. The predicted octanol–water partition coefficient (Wildman–Crippen LogP) is 3.18. The molecule has 2 rings (SSSR count). The molecule has 5 heteroatoms. The van der Waals surface area contributed by atoms with Crippen LogP contribution in [0.5, 0.6) is 0 Å². The lowest BCUT2D eigenvalue weighted by molar-refractivity contribution is -0.682. The zero-order valence-corrected chi connectivity index (χ0v) is 15.7. The van der Waals surface area contributed by atoms with E-state index < -0.39 is 0 Å². The minimum atomic E-state index is 0.0697. The summed E-state index contributed by atoms with van der Waals surface area (Å²) in [6.45, 7) is 5.28. The van der Waals surface area contributed by atoms with Crippen molar-refractivity contribution in [3.8, 4) is 0 Å². The number of halogens is 1. The SMILES string of the molecule is Cc1ccc(SCCNC(=O)C[NH2+][C@H](C)c2ccc(Cl)cc2)cc1. The minimum absolute atomic E-state index is 0.0697. The van der Waals surface area contributed by atoms with Crippen LogP contribution in [-0.4, -0.2) is 24.7 Å². The summed E-state index contributed by atoms with van der Waals surface area (Å²) in [6, 6.07) is 16.4. The van der Waals surface area contributed by atoms with Gasteiger partial charge in [-0.15, -0.1) is 11.8 Å². The van der Waals surface area contributed by atoms with Crippen LogP contribution in [0, 0.1) is 6.92 Å². The lowest BCUT2D eigenvalue weighted by Gasteiger charge is -2.11. The Morgan fingerprint density at radius 3 is 2.50 bits per heavy atom. The van der Waals surface area contributed by atoms with Crippen molar-refractivity contribution in [2.45, 2.75) is 24.8 Å². The molecular weight excluding hydrogens is 340 g/mol. The van der Waals surface area contributed by atoms with Crippen molar-refractivity contribution in [2.24, 2.45) is 0 Å². The van der Waals surface area contributed by atoms with Gasteiger partial charge in [0.1, 0.15) is 6.04 Å². The number of aryl methyl sites for hydroxylation is 1. The fourth-order valence-corrected chi connectivity index (χ4v) is 3.15. The molecule has 0 unspecified atom stereocenters. The average Bonchev–Trinajstić information content (AvgIpc) is 2.59. The zero-order valence-electron chi connectivity index (χ0n) is 14.1. The van der Waals surface area contributed by atoms with Crippen molar-refractivity contribution in [2.75, 3.05) is 18.8 Å². The summed E-state index contributed by atoms with van der Waals surface area (Å²) < 4.78 is 0. The van der Waals surface area contributed by atoms with Crippen molar-refractivity contribution in [3.05, 3.63) is 64.7 Å². The Bertz CT molecular complexity index is 643. The molecule has 0 aliphatic carbocycles. The van der Waals surface area contributed by atoms with E-state index in [1.165, 1.54) is 16.0 Å². The maximum atomic E-state index is 11.9. The Labute approximate surface area is 153 Å².